The van der Waals surface area contributed by atoms with Gasteiger partial charge in [0.25, 0.3) is 0 Å². The summed E-state index contributed by atoms with van der Waals surface area (Å²) in [4.78, 5) is 2.54. The van der Waals surface area contributed by atoms with Crippen molar-refractivity contribution in [1.29, 1.82) is 0 Å². The molecule has 2 rings (SSSR count). The maximum absolute atomic E-state index is 6.25. The quantitative estimate of drug-likeness (QED) is 0.408. The summed E-state index contributed by atoms with van der Waals surface area (Å²) in [6.07, 6.45) is 2.98. The number of rotatable bonds is 7. The first-order chi connectivity index (χ1) is 11.3. The van der Waals surface area contributed by atoms with E-state index in [1.165, 1.54) is 11.1 Å². The van der Waals surface area contributed by atoms with Gasteiger partial charge in [0.15, 0.2) is 0 Å². The van der Waals surface area contributed by atoms with Crippen molar-refractivity contribution in [2.75, 3.05) is 19.9 Å². The Labute approximate surface area is 147 Å². The number of benzene rings is 1. The Bertz CT molecular complexity index is 510. The lowest BCUT2D eigenvalue weighted by Gasteiger charge is -2.46. The molecule has 0 unspecified atom stereocenters. The van der Waals surface area contributed by atoms with Crippen molar-refractivity contribution in [3.63, 3.8) is 0 Å². The summed E-state index contributed by atoms with van der Waals surface area (Å²) in [6, 6.07) is 10.2. The molecule has 0 N–H and O–H groups in total. The molecule has 1 saturated heterocycles. The Kier molecular flexibility index (Phi) is 6.62. The van der Waals surface area contributed by atoms with Crippen molar-refractivity contribution in [3.05, 3.63) is 48.0 Å². The number of hydrogen-bond acceptors (Lipinski definition) is 3. The Morgan fingerprint density at radius 1 is 1.17 bits per heavy atom. The number of hydrogen-bond donors (Lipinski definition) is 0. The van der Waals surface area contributed by atoms with E-state index in [1.807, 2.05) is 18.2 Å². The molecular formula is C21H33NO2. The van der Waals surface area contributed by atoms with Crippen LogP contribution in [-0.4, -0.2) is 35.9 Å². The van der Waals surface area contributed by atoms with Gasteiger partial charge >= 0.3 is 0 Å². The molecular weight excluding hydrogens is 298 g/mol. The van der Waals surface area contributed by atoms with Crippen LogP contribution in [-0.2, 0) is 16.1 Å². The first kappa shape index (κ1) is 19.2. The summed E-state index contributed by atoms with van der Waals surface area (Å²) in [6.45, 7) is 16.1. The van der Waals surface area contributed by atoms with E-state index in [-0.39, 0.29) is 11.1 Å². The normalized spacial score (nSPS) is 18.5. The third kappa shape index (κ3) is 5.73. The molecule has 0 saturated carbocycles. The second kappa shape index (κ2) is 8.28. The van der Waals surface area contributed by atoms with Gasteiger partial charge in [-0.2, -0.15) is 0 Å². The predicted molar refractivity (Wildman–Crippen MR) is 99.9 cm³/mol. The zero-order chi connectivity index (χ0) is 17.6. The Morgan fingerprint density at radius 2 is 1.79 bits per heavy atom. The SMILES string of the molecule is C=C(C)CC1(OCOCc2ccccc2)CCN(C(C)(C)C)CC1. The van der Waals surface area contributed by atoms with Gasteiger partial charge in [-0.25, -0.2) is 0 Å². The number of ether oxygens (including phenoxy) is 2. The Balaban J connectivity index is 1.86. The fraction of sp³-hybridized carbons (Fsp3) is 0.619. The summed E-state index contributed by atoms with van der Waals surface area (Å²) < 4.78 is 12.0. The van der Waals surface area contributed by atoms with Gasteiger partial charge in [0.1, 0.15) is 6.79 Å². The van der Waals surface area contributed by atoms with E-state index in [2.05, 4.69) is 51.3 Å². The molecule has 134 valence electrons. The van der Waals surface area contributed by atoms with Gasteiger partial charge in [0, 0.05) is 18.6 Å². The summed E-state index contributed by atoms with van der Waals surface area (Å²) in [5, 5.41) is 0. The maximum Gasteiger partial charge on any atom is 0.147 e. The topological polar surface area (TPSA) is 21.7 Å². The van der Waals surface area contributed by atoms with E-state index in [1.54, 1.807) is 0 Å². The molecule has 0 aliphatic carbocycles. The Hall–Kier alpha value is -1.16. The summed E-state index contributed by atoms with van der Waals surface area (Å²) in [5.74, 6) is 0. The van der Waals surface area contributed by atoms with Crippen LogP contribution in [0.25, 0.3) is 0 Å². The minimum Gasteiger partial charge on any atom is -0.351 e. The van der Waals surface area contributed by atoms with Crippen LogP contribution >= 0.6 is 0 Å². The lowest BCUT2D eigenvalue weighted by atomic mass is 9.84. The van der Waals surface area contributed by atoms with Crippen molar-refractivity contribution in [2.45, 2.75) is 64.7 Å². The van der Waals surface area contributed by atoms with Gasteiger partial charge in [-0.1, -0.05) is 35.9 Å². The van der Waals surface area contributed by atoms with Crippen LogP contribution in [0.3, 0.4) is 0 Å². The first-order valence-corrected chi connectivity index (χ1v) is 8.96. The highest BCUT2D eigenvalue weighted by Crippen LogP contribution is 2.34. The lowest BCUT2D eigenvalue weighted by Crippen LogP contribution is -2.52. The van der Waals surface area contributed by atoms with Crippen LogP contribution in [0.5, 0.6) is 0 Å². The lowest BCUT2D eigenvalue weighted by molar-refractivity contribution is -0.168. The first-order valence-electron chi connectivity index (χ1n) is 8.96. The molecule has 1 aromatic rings. The third-order valence-electron chi connectivity index (χ3n) is 4.81. The minimum atomic E-state index is -0.121. The highest BCUT2D eigenvalue weighted by molar-refractivity contribution is 5.13. The molecule has 0 bridgehead atoms. The van der Waals surface area contributed by atoms with Gasteiger partial charge in [0.2, 0.25) is 0 Å². The van der Waals surface area contributed by atoms with E-state index in [0.717, 1.165) is 32.4 Å². The molecule has 0 aromatic heterocycles. The van der Waals surface area contributed by atoms with Gasteiger partial charge in [-0.3, -0.25) is 4.90 Å². The van der Waals surface area contributed by atoms with Gasteiger partial charge < -0.3 is 9.47 Å². The minimum absolute atomic E-state index is 0.121. The maximum atomic E-state index is 6.25. The molecule has 1 aromatic carbocycles. The van der Waals surface area contributed by atoms with E-state index in [4.69, 9.17) is 9.47 Å². The highest BCUT2D eigenvalue weighted by atomic mass is 16.7. The van der Waals surface area contributed by atoms with Crippen LogP contribution in [0, 0.1) is 0 Å². The van der Waals surface area contributed by atoms with E-state index >= 15 is 0 Å². The highest BCUT2D eigenvalue weighted by Gasteiger charge is 2.38. The van der Waals surface area contributed by atoms with E-state index in [9.17, 15) is 0 Å². The molecule has 0 spiro atoms. The molecule has 3 nitrogen and oxygen atoms in total. The summed E-state index contributed by atoms with van der Waals surface area (Å²) in [7, 11) is 0. The van der Waals surface area contributed by atoms with Crippen LogP contribution < -0.4 is 0 Å². The number of likely N-dealkylation sites (tertiary alicyclic amines) is 1. The van der Waals surface area contributed by atoms with Gasteiger partial charge in [-0.15, -0.1) is 6.58 Å². The molecule has 3 heteroatoms. The van der Waals surface area contributed by atoms with Crippen molar-refractivity contribution in [3.8, 4) is 0 Å². The monoisotopic (exact) mass is 331 g/mol. The summed E-state index contributed by atoms with van der Waals surface area (Å²) >= 11 is 0. The van der Waals surface area contributed by atoms with Crippen molar-refractivity contribution in [1.82, 2.24) is 4.90 Å². The molecule has 1 aliphatic heterocycles. The third-order valence-corrected chi connectivity index (χ3v) is 4.81. The molecule has 1 aliphatic rings. The van der Waals surface area contributed by atoms with Crippen LogP contribution in [0.2, 0.25) is 0 Å². The second-order valence-corrected chi connectivity index (χ2v) is 8.07. The van der Waals surface area contributed by atoms with Gasteiger partial charge in [-0.05, 0) is 52.5 Å². The fourth-order valence-corrected chi connectivity index (χ4v) is 3.41. The molecule has 1 heterocycles. The van der Waals surface area contributed by atoms with Crippen LogP contribution in [0.1, 0.15) is 52.5 Å². The zero-order valence-electron chi connectivity index (χ0n) is 15.8. The number of nitrogens with zero attached hydrogens (tertiary/aromatic N) is 1. The van der Waals surface area contributed by atoms with Crippen molar-refractivity contribution in [2.24, 2.45) is 0 Å². The van der Waals surface area contributed by atoms with E-state index < -0.39 is 0 Å². The standard InChI is InChI=1S/C21H33NO2/c1-18(2)15-21(11-13-22(14-12-21)20(3,4)5)24-17-23-16-19-9-7-6-8-10-19/h6-10H,1,11-17H2,2-5H3. The predicted octanol–water partition coefficient (Wildman–Crippen LogP) is 4.78. The largest absolute Gasteiger partial charge is 0.351 e. The van der Waals surface area contributed by atoms with Gasteiger partial charge in [0.05, 0.1) is 12.2 Å². The average Bonchev–Trinajstić information content (AvgIpc) is 2.52. The van der Waals surface area contributed by atoms with E-state index in [0.29, 0.717) is 13.4 Å². The average molecular weight is 332 g/mol. The van der Waals surface area contributed by atoms with Crippen molar-refractivity contribution < 1.29 is 9.47 Å². The zero-order valence-corrected chi connectivity index (χ0v) is 15.8. The fourth-order valence-electron chi connectivity index (χ4n) is 3.41. The van der Waals surface area contributed by atoms with Crippen LogP contribution in [0.15, 0.2) is 42.5 Å². The molecule has 1 fully saturated rings. The smallest absolute Gasteiger partial charge is 0.147 e. The van der Waals surface area contributed by atoms with Crippen molar-refractivity contribution >= 4 is 0 Å². The molecule has 0 atom stereocenters. The van der Waals surface area contributed by atoms with Crippen LogP contribution in [0.4, 0.5) is 0 Å². The summed E-state index contributed by atoms with van der Waals surface area (Å²) in [5.41, 5.74) is 2.46. The Morgan fingerprint density at radius 3 is 2.33 bits per heavy atom. The number of piperidine rings is 1. The second-order valence-electron chi connectivity index (χ2n) is 8.07. The molecule has 0 radical (unpaired) electrons. The molecule has 0 amide bonds. The molecule has 24 heavy (non-hydrogen) atoms.